The van der Waals surface area contributed by atoms with E-state index in [2.05, 4.69) is 27.6 Å². The molecule has 0 aliphatic heterocycles. The third-order valence-corrected chi connectivity index (χ3v) is 3.07. The van der Waals surface area contributed by atoms with E-state index >= 15 is 0 Å². The van der Waals surface area contributed by atoms with Gasteiger partial charge in [-0.05, 0) is 40.8 Å². The van der Waals surface area contributed by atoms with E-state index < -0.39 is 11.7 Å². The van der Waals surface area contributed by atoms with Crippen LogP contribution in [0.1, 0.15) is 5.56 Å². The van der Waals surface area contributed by atoms with Crippen molar-refractivity contribution < 1.29 is 22.6 Å². The van der Waals surface area contributed by atoms with E-state index in [1.54, 1.807) is 18.3 Å². The molecule has 0 unspecified atom stereocenters. The third kappa shape index (κ3) is 3.53. The summed E-state index contributed by atoms with van der Waals surface area (Å²) in [4.78, 5) is 3.97. The zero-order valence-electron chi connectivity index (χ0n) is 10.2. The lowest BCUT2D eigenvalue weighted by atomic mass is 10.2. The Hall–Kier alpha value is -1.51. The van der Waals surface area contributed by atoms with Gasteiger partial charge in [-0.1, -0.05) is 0 Å². The van der Waals surface area contributed by atoms with Crippen LogP contribution < -0.4 is 9.47 Å². The molecule has 0 aliphatic rings. The van der Waals surface area contributed by atoms with Gasteiger partial charge in [0.05, 0.1) is 12.7 Å². The molecule has 1 heterocycles. The molecule has 1 aromatic heterocycles. The Morgan fingerprint density at radius 2 is 1.90 bits per heavy atom. The number of nitrogens with zero attached hydrogens (tertiary/aromatic N) is 1. The molecule has 0 N–H and O–H groups in total. The van der Waals surface area contributed by atoms with E-state index in [9.17, 15) is 13.2 Å². The van der Waals surface area contributed by atoms with Crippen LogP contribution in [0.5, 0.6) is 17.4 Å². The van der Waals surface area contributed by atoms with E-state index in [4.69, 9.17) is 9.47 Å². The summed E-state index contributed by atoms with van der Waals surface area (Å²) < 4.78 is 49.2. The van der Waals surface area contributed by atoms with Gasteiger partial charge in [0.2, 0.25) is 5.88 Å². The lowest BCUT2D eigenvalue weighted by Crippen LogP contribution is -2.07. The van der Waals surface area contributed by atoms with Gasteiger partial charge in [-0.25, -0.2) is 4.98 Å². The van der Waals surface area contributed by atoms with Crippen LogP contribution in [0.2, 0.25) is 0 Å². The summed E-state index contributed by atoms with van der Waals surface area (Å²) in [7, 11) is 1.18. The van der Waals surface area contributed by atoms with Crippen LogP contribution in [-0.2, 0) is 6.18 Å². The van der Waals surface area contributed by atoms with Crippen molar-refractivity contribution in [1.29, 1.82) is 0 Å². The summed E-state index contributed by atoms with van der Waals surface area (Å²) in [5.41, 5.74) is -0.844. The van der Waals surface area contributed by atoms with Gasteiger partial charge in [0, 0.05) is 21.9 Å². The molecule has 20 heavy (non-hydrogen) atoms. The Bertz CT molecular complexity index is 617. The molecule has 0 saturated heterocycles. The molecule has 2 rings (SSSR count). The van der Waals surface area contributed by atoms with Crippen LogP contribution in [0, 0.1) is 3.57 Å². The molecule has 3 nitrogen and oxygen atoms in total. The van der Waals surface area contributed by atoms with Crippen LogP contribution >= 0.6 is 22.6 Å². The van der Waals surface area contributed by atoms with Crippen LogP contribution in [0.4, 0.5) is 13.2 Å². The molecule has 106 valence electrons. The largest absolute Gasteiger partial charge is 0.496 e. The Kier molecular flexibility index (Phi) is 4.36. The molecule has 0 aliphatic carbocycles. The number of hydrogen-bond acceptors (Lipinski definition) is 3. The predicted molar refractivity (Wildman–Crippen MR) is 75.0 cm³/mol. The Labute approximate surface area is 126 Å². The zero-order chi connectivity index (χ0) is 14.8. The molecule has 0 atom stereocenters. The summed E-state index contributed by atoms with van der Waals surface area (Å²) in [6, 6.07) is 6.78. The number of rotatable bonds is 3. The molecule has 1 aromatic carbocycles. The van der Waals surface area contributed by atoms with Crippen molar-refractivity contribution in [3.63, 3.8) is 0 Å². The Balaban J connectivity index is 2.30. The van der Waals surface area contributed by atoms with Gasteiger partial charge in [-0.15, -0.1) is 0 Å². The lowest BCUT2D eigenvalue weighted by molar-refractivity contribution is -0.138. The van der Waals surface area contributed by atoms with Gasteiger partial charge < -0.3 is 9.47 Å². The van der Waals surface area contributed by atoms with Crippen LogP contribution in [0.25, 0.3) is 0 Å². The average molecular weight is 395 g/mol. The highest BCUT2D eigenvalue weighted by molar-refractivity contribution is 14.1. The van der Waals surface area contributed by atoms with Crippen molar-refractivity contribution in [3.05, 3.63) is 45.7 Å². The number of ether oxygens (including phenoxy) is 2. The highest BCUT2D eigenvalue weighted by Gasteiger charge is 2.34. The van der Waals surface area contributed by atoms with Crippen molar-refractivity contribution in [2.24, 2.45) is 0 Å². The fraction of sp³-hybridized carbons (Fsp3) is 0.154. The first-order valence-electron chi connectivity index (χ1n) is 5.45. The van der Waals surface area contributed by atoms with E-state index in [0.29, 0.717) is 5.88 Å². The number of aromatic nitrogens is 1. The van der Waals surface area contributed by atoms with Crippen LogP contribution in [0.15, 0.2) is 36.5 Å². The van der Waals surface area contributed by atoms with Crippen molar-refractivity contribution in [3.8, 4) is 17.4 Å². The van der Waals surface area contributed by atoms with E-state index in [-0.39, 0.29) is 11.5 Å². The van der Waals surface area contributed by atoms with Gasteiger partial charge in [0.15, 0.2) is 0 Å². The summed E-state index contributed by atoms with van der Waals surface area (Å²) in [5, 5.41) is 0. The molecule has 2 aromatic rings. The van der Waals surface area contributed by atoms with Crippen LogP contribution in [-0.4, -0.2) is 12.1 Å². The van der Waals surface area contributed by atoms with Crippen molar-refractivity contribution in [1.82, 2.24) is 4.98 Å². The number of alkyl halides is 3. The van der Waals surface area contributed by atoms with E-state index in [1.165, 1.54) is 19.2 Å². The molecule has 0 amide bonds. The maximum absolute atomic E-state index is 12.7. The predicted octanol–water partition coefficient (Wildman–Crippen LogP) is 4.51. The van der Waals surface area contributed by atoms with Crippen molar-refractivity contribution >= 4 is 22.6 Å². The SMILES string of the molecule is COc1cc(Oc2cc(I)ccn2)ccc1C(F)(F)F. The Morgan fingerprint density at radius 1 is 1.15 bits per heavy atom. The number of methoxy groups -OCH3 is 1. The number of pyridine rings is 1. The fourth-order valence-corrected chi connectivity index (χ4v) is 1.96. The second-order valence-corrected chi connectivity index (χ2v) is 5.02. The molecular formula is C13H9F3INO2. The number of halogens is 4. The van der Waals surface area contributed by atoms with E-state index in [0.717, 1.165) is 9.64 Å². The first-order valence-corrected chi connectivity index (χ1v) is 6.52. The minimum Gasteiger partial charge on any atom is -0.496 e. The topological polar surface area (TPSA) is 31.4 Å². The minimum atomic E-state index is -4.47. The lowest BCUT2D eigenvalue weighted by Gasteiger charge is -2.13. The smallest absolute Gasteiger partial charge is 0.419 e. The zero-order valence-corrected chi connectivity index (χ0v) is 12.4. The second kappa shape index (κ2) is 5.86. The monoisotopic (exact) mass is 395 g/mol. The van der Waals surface area contributed by atoms with Gasteiger partial charge in [-0.2, -0.15) is 13.2 Å². The molecule has 0 spiro atoms. The summed E-state index contributed by atoms with van der Waals surface area (Å²) in [6.07, 6.45) is -2.91. The minimum absolute atomic E-state index is 0.226. The number of benzene rings is 1. The molecule has 0 fully saturated rings. The summed E-state index contributed by atoms with van der Waals surface area (Å²) >= 11 is 2.08. The van der Waals surface area contributed by atoms with Gasteiger partial charge in [-0.3, -0.25) is 0 Å². The van der Waals surface area contributed by atoms with Gasteiger partial charge in [0.25, 0.3) is 0 Å². The summed E-state index contributed by atoms with van der Waals surface area (Å²) in [6.45, 7) is 0. The fourth-order valence-electron chi connectivity index (χ4n) is 1.53. The molecular weight excluding hydrogens is 386 g/mol. The normalized spacial score (nSPS) is 11.2. The molecule has 0 bridgehead atoms. The highest BCUT2D eigenvalue weighted by atomic mass is 127. The maximum atomic E-state index is 12.7. The maximum Gasteiger partial charge on any atom is 0.419 e. The third-order valence-electron chi connectivity index (χ3n) is 2.40. The Morgan fingerprint density at radius 3 is 2.50 bits per heavy atom. The molecule has 0 saturated carbocycles. The average Bonchev–Trinajstić information content (AvgIpc) is 2.37. The molecule has 0 radical (unpaired) electrons. The van der Waals surface area contributed by atoms with Gasteiger partial charge in [0.1, 0.15) is 11.5 Å². The standard InChI is InChI=1S/C13H9F3INO2/c1-19-11-7-9(2-3-10(11)13(14,15)16)20-12-6-8(17)4-5-18-12/h2-7H,1H3. The number of hydrogen-bond donors (Lipinski definition) is 0. The van der Waals surface area contributed by atoms with Gasteiger partial charge >= 0.3 is 6.18 Å². The second-order valence-electron chi connectivity index (χ2n) is 3.77. The van der Waals surface area contributed by atoms with Crippen molar-refractivity contribution in [2.75, 3.05) is 7.11 Å². The van der Waals surface area contributed by atoms with Crippen molar-refractivity contribution in [2.45, 2.75) is 6.18 Å². The quantitative estimate of drug-likeness (QED) is 0.718. The summed E-state index contributed by atoms with van der Waals surface area (Å²) in [5.74, 6) is 0.240. The van der Waals surface area contributed by atoms with E-state index in [1.807, 2.05) is 0 Å². The first kappa shape index (κ1) is 14.9. The molecule has 7 heteroatoms. The first-order chi connectivity index (χ1) is 9.40. The van der Waals surface area contributed by atoms with Crippen LogP contribution in [0.3, 0.4) is 0 Å². The highest BCUT2D eigenvalue weighted by Crippen LogP contribution is 2.38.